The predicted molar refractivity (Wildman–Crippen MR) is 123 cm³/mol. The standard InChI is InChI=1S/C24H20FN3O4S/c25-21-9-1-2-10-23(21)27-33(31,32)17-11-12-22-20(14-17)18-7-4-8-19(18)24(26-22)15-5-3-6-16(13-15)28(29)30/h1-7,9-14,18-19,24,26-27H,8H2/t18?,19?,24-/m1/s1. The Balaban J connectivity index is 1.50. The highest BCUT2D eigenvalue weighted by Gasteiger charge is 2.38. The lowest BCUT2D eigenvalue weighted by atomic mass is 9.77. The average molecular weight is 466 g/mol. The molecule has 0 saturated heterocycles. The Bertz CT molecular complexity index is 1390. The molecule has 3 aromatic carbocycles. The molecule has 0 saturated carbocycles. The quantitative estimate of drug-likeness (QED) is 0.300. The summed E-state index contributed by atoms with van der Waals surface area (Å²) >= 11 is 0. The molecule has 2 N–H and O–H groups in total. The first kappa shape index (κ1) is 21.1. The molecule has 9 heteroatoms. The number of allylic oxidation sites excluding steroid dienone is 2. The normalized spacial score (nSPS) is 21.1. The fraction of sp³-hybridized carbons (Fsp3) is 0.167. The number of nitrogens with zero attached hydrogens (tertiary/aromatic N) is 1. The van der Waals surface area contributed by atoms with Crippen molar-refractivity contribution >= 4 is 27.1 Å². The molecule has 33 heavy (non-hydrogen) atoms. The molecule has 1 heterocycles. The summed E-state index contributed by atoms with van der Waals surface area (Å²) in [7, 11) is -4.00. The van der Waals surface area contributed by atoms with Gasteiger partial charge in [-0.05, 0) is 53.8 Å². The predicted octanol–water partition coefficient (Wildman–Crippen LogP) is 5.36. The van der Waals surface area contributed by atoms with Crippen LogP contribution >= 0.6 is 0 Å². The number of sulfonamides is 1. The molecule has 7 nitrogen and oxygen atoms in total. The van der Waals surface area contributed by atoms with E-state index in [0.29, 0.717) is 0 Å². The van der Waals surface area contributed by atoms with Gasteiger partial charge in [0.05, 0.1) is 21.5 Å². The summed E-state index contributed by atoms with van der Waals surface area (Å²) in [6, 6.07) is 16.8. The monoisotopic (exact) mass is 465 g/mol. The molecule has 1 aliphatic heterocycles. The van der Waals surface area contributed by atoms with Gasteiger partial charge in [0.1, 0.15) is 5.82 Å². The molecule has 0 aromatic heterocycles. The average Bonchev–Trinajstić information content (AvgIpc) is 3.30. The maximum absolute atomic E-state index is 14.0. The van der Waals surface area contributed by atoms with Gasteiger partial charge in [-0.15, -0.1) is 0 Å². The number of fused-ring (bicyclic) bond motifs is 3. The maximum Gasteiger partial charge on any atom is 0.269 e. The molecule has 3 aromatic rings. The van der Waals surface area contributed by atoms with Crippen molar-refractivity contribution in [3.8, 4) is 0 Å². The van der Waals surface area contributed by atoms with Crippen molar-refractivity contribution in [3.05, 3.63) is 106 Å². The van der Waals surface area contributed by atoms with Gasteiger partial charge in [-0.1, -0.05) is 36.4 Å². The van der Waals surface area contributed by atoms with Gasteiger partial charge in [-0.3, -0.25) is 14.8 Å². The Kier molecular flexibility index (Phi) is 5.13. The molecule has 0 bridgehead atoms. The van der Waals surface area contributed by atoms with E-state index in [1.165, 1.54) is 30.3 Å². The fourth-order valence-electron chi connectivity index (χ4n) is 4.65. The van der Waals surface area contributed by atoms with Gasteiger partial charge in [-0.2, -0.15) is 0 Å². The number of nitro benzene ring substituents is 1. The second-order valence-electron chi connectivity index (χ2n) is 8.16. The SMILES string of the molecule is O=[N+]([O-])c1cccc([C@H]2Nc3ccc(S(=O)(=O)Nc4ccccc4F)cc3C3C=CCC32)c1. The fourth-order valence-corrected chi connectivity index (χ4v) is 5.75. The summed E-state index contributed by atoms with van der Waals surface area (Å²) < 4.78 is 42.2. The van der Waals surface area contributed by atoms with Crippen LogP contribution in [0.1, 0.15) is 29.5 Å². The Morgan fingerprint density at radius 3 is 2.67 bits per heavy atom. The number of anilines is 2. The van der Waals surface area contributed by atoms with Gasteiger partial charge in [-0.25, -0.2) is 12.8 Å². The van der Waals surface area contributed by atoms with Crippen molar-refractivity contribution < 1.29 is 17.7 Å². The lowest BCUT2D eigenvalue weighted by molar-refractivity contribution is -0.384. The van der Waals surface area contributed by atoms with Crippen molar-refractivity contribution in [1.29, 1.82) is 0 Å². The second-order valence-corrected chi connectivity index (χ2v) is 9.84. The molecule has 3 atom stereocenters. The number of hydrogen-bond donors (Lipinski definition) is 2. The molecule has 168 valence electrons. The zero-order valence-corrected chi connectivity index (χ0v) is 18.1. The van der Waals surface area contributed by atoms with Crippen molar-refractivity contribution in [2.24, 2.45) is 5.92 Å². The topological polar surface area (TPSA) is 101 Å². The minimum Gasteiger partial charge on any atom is -0.378 e. The van der Waals surface area contributed by atoms with Crippen LogP contribution in [0.15, 0.2) is 83.8 Å². The highest BCUT2D eigenvalue weighted by molar-refractivity contribution is 7.92. The Morgan fingerprint density at radius 2 is 1.88 bits per heavy atom. The van der Waals surface area contributed by atoms with E-state index in [1.54, 1.807) is 30.3 Å². The van der Waals surface area contributed by atoms with Crippen LogP contribution in [0.3, 0.4) is 0 Å². The van der Waals surface area contributed by atoms with E-state index in [4.69, 9.17) is 0 Å². The number of halogens is 1. The lowest BCUT2D eigenvalue weighted by Crippen LogP contribution is -2.29. The first-order valence-electron chi connectivity index (χ1n) is 10.4. The first-order chi connectivity index (χ1) is 15.8. The van der Waals surface area contributed by atoms with Crippen LogP contribution in [0.4, 0.5) is 21.5 Å². The zero-order valence-electron chi connectivity index (χ0n) is 17.3. The lowest BCUT2D eigenvalue weighted by Gasteiger charge is -2.37. The third-order valence-electron chi connectivity index (χ3n) is 6.20. The molecule has 0 spiro atoms. The number of rotatable bonds is 5. The summed E-state index contributed by atoms with van der Waals surface area (Å²) in [6.07, 6.45) is 4.86. The van der Waals surface area contributed by atoms with Crippen LogP contribution in [0.2, 0.25) is 0 Å². The van der Waals surface area contributed by atoms with Crippen molar-refractivity contribution in [1.82, 2.24) is 0 Å². The summed E-state index contributed by atoms with van der Waals surface area (Å²) in [5.41, 5.74) is 2.32. The third kappa shape index (κ3) is 3.84. The smallest absolute Gasteiger partial charge is 0.269 e. The van der Waals surface area contributed by atoms with E-state index >= 15 is 0 Å². The number of para-hydroxylation sites is 1. The summed E-state index contributed by atoms with van der Waals surface area (Å²) in [4.78, 5) is 10.9. The van der Waals surface area contributed by atoms with E-state index < -0.39 is 20.8 Å². The van der Waals surface area contributed by atoms with E-state index in [1.807, 2.05) is 6.07 Å². The van der Waals surface area contributed by atoms with Crippen LogP contribution in [-0.4, -0.2) is 13.3 Å². The van der Waals surface area contributed by atoms with Crippen LogP contribution in [0, 0.1) is 21.8 Å². The number of nitro groups is 1. The highest BCUT2D eigenvalue weighted by atomic mass is 32.2. The van der Waals surface area contributed by atoms with E-state index in [2.05, 4.69) is 22.2 Å². The molecule has 2 unspecified atom stereocenters. The molecule has 1 aliphatic carbocycles. The van der Waals surface area contributed by atoms with Gasteiger partial charge in [0.15, 0.2) is 0 Å². The molecule has 0 radical (unpaired) electrons. The number of non-ortho nitro benzene ring substituents is 1. The molecule has 2 aliphatic rings. The van der Waals surface area contributed by atoms with Gasteiger partial charge in [0.25, 0.3) is 15.7 Å². The number of benzene rings is 3. The summed E-state index contributed by atoms with van der Waals surface area (Å²) in [5, 5.41) is 14.7. The van der Waals surface area contributed by atoms with Gasteiger partial charge in [0, 0.05) is 23.7 Å². The van der Waals surface area contributed by atoms with Gasteiger partial charge < -0.3 is 5.32 Å². The largest absolute Gasteiger partial charge is 0.378 e. The third-order valence-corrected chi connectivity index (χ3v) is 7.57. The highest BCUT2D eigenvalue weighted by Crippen LogP contribution is 2.50. The molecule has 0 fully saturated rings. The Morgan fingerprint density at radius 1 is 1.06 bits per heavy atom. The van der Waals surface area contributed by atoms with Crippen molar-refractivity contribution in [2.75, 3.05) is 10.0 Å². The molecular formula is C24H20FN3O4S. The second kappa shape index (κ2) is 8.00. The maximum atomic E-state index is 14.0. The molecule has 5 rings (SSSR count). The minimum absolute atomic E-state index is 0.0308. The molecule has 0 amide bonds. The summed E-state index contributed by atoms with van der Waals surface area (Å²) in [5.74, 6) is -0.620. The first-order valence-corrected chi connectivity index (χ1v) is 11.9. The van der Waals surface area contributed by atoms with Crippen LogP contribution < -0.4 is 10.0 Å². The van der Waals surface area contributed by atoms with Crippen LogP contribution in [0.25, 0.3) is 0 Å². The Hall–Kier alpha value is -3.72. The van der Waals surface area contributed by atoms with E-state index in [0.717, 1.165) is 23.2 Å². The van der Waals surface area contributed by atoms with Crippen molar-refractivity contribution in [3.63, 3.8) is 0 Å². The van der Waals surface area contributed by atoms with Crippen LogP contribution in [0.5, 0.6) is 0 Å². The minimum atomic E-state index is -4.00. The summed E-state index contributed by atoms with van der Waals surface area (Å²) in [6.45, 7) is 0. The van der Waals surface area contributed by atoms with E-state index in [-0.39, 0.29) is 34.1 Å². The molecular weight excluding hydrogens is 445 g/mol. The Labute approximate surface area is 190 Å². The van der Waals surface area contributed by atoms with Gasteiger partial charge >= 0.3 is 0 Å². The van der Waals surface area contributed by atoms with Crippen molar-refractivity contribution in [2.45, 2.75) is 23.3 Å². The zero-order chi connectivity index (χ0) is 23.2. The van der Waals surface area contributed by atoms with Crippen LogP contribution in [-0.2, 0) is 10.0 Å². The number of hydrogen-bond acceptors (Lipinski definition) is 5. The van der Waals surface area contributed by atoms with E-state index in [9.17, 15) is 22.9 Å². The van der Waals surface area contributed by atoms with Gasteiger partial charge in [0.2, 0.25) is 0 Å². The number of nitrogens with one attached hydrogen (secondary N) is 2.